The van der Waals surface area contributed by atoms with E-state index in [4.69, 9.17) is 16.3 Å². The van der Waals surface area contributed by atoms with Gasteiger partial charge in [0, 0.05) is 5.88 Å². The van der Waals surface area contributed by atoms with Gasteiger partial charge in [-0.1, -0.05) is 73.5 Å². The molecule has 1 N–H and O–H groups in total. The standard InChI is InChI=1S/C22H24ClNO4/c23-15-9-3-8-14-18-21(25)28-20(17-12-6-2-7-13-17)19(24(18)22(26)27)16-10-4-1-5-11-16/h1-2,4-7,10-13,18-20H,3,8-9,14-15H2,(H,26,27)/t18-,19-,20+/m0/s1. The number of esters is 1. The minimum atomic E-state index is -1.12. The number of hydrogen-bond acceptors (Lipinski definition) is 3. The molecule has 0 aliphatic carbocycles. The maximum absolute atomic E-state index is 12.8. The molecule has 0 radical (unpaired) electrons. The van der Waals surface area contributed by atoms with Crippen molar-refractivity contribution in [2.24, 2.45) is 0 Å². The van der Waals surface area contributed by atoms with Gasteiger partial charge in [-0.15, -0.1) is 11.6 Å². The van der Waals surface area contributed by atoms with E-state index in [-0.39, 0.29) is 0 Å². The van der Waals surface area contributed by atoms with Crippen LogP contribution in [0.15, 0.2) is 60.7 Å². The number of carboxylic acid groups (broad SMARTS) is 1. The third-order valence-corrected chi connectivity index (χ3v) is 5.31. The second-order valence-electron chi connectivity index (χ2n) is 6.87. The Hall–Kier alpha value is -2.53. The minimum absolute atomic E-state index is 0.423. The number of amides is 1. The summed E-state index contributed by atoms with van der Waals surface area (Å²) in [5.41, 5.74) is 1.58. The van der Waals surface area contributed by atoms with Gasteiger partial charge in [-0.2, -0.15) is 0 Å². The first-order valence-electron chi connectivity index (χ1n) is 9.51. The van der Waals surface area contributed by atoms with Crippen LogP contribution < -0.4 is 0 Å². The van der Waals surface area contributed by atoms with Gasteiger partial charge in [0.1, 0.15) is 12.1 Å². The van der Waals surface area contributed by atoms with Gasteiger partial charge in [0.15, 0.2) is 6.10 Å². The smallest absolute Gasteiger partial charge is 0.408 e. The molecule has 3 atom stereocenters. The Labute approximate surface area is 169 Å². The quantitative estimate of drug-likeness (QED) is 0.394. The summed E-state index contributed by atoms with van der Waals surface area (Å²) in [5, 5.41) is 10.0. The zero-order chi connectivity index (χ0) is 19.9. The van der Waals surface area contributed by atoms with Crippen LogP contribution in [0.4, 0.5) is 4.79 Å². The van der Waals surface area contributed by atoms with Crippen molar-refractivity contribution in [3.05, 3.63) is 71.8 Å². The maximum Gasteiger partial charge on any atom is 0.408 e. The summed E-state index contributed by atoms with van der Waals surface area (Å²) in [7, 11) is 0. The summed E-state index contributed by atoms with van der Waals surface area (Å²) >= 11 is 5.72. The van der Waals surface area contributed by atoms with E-state index in [1.54, 1.807) is 0 Å². The molecule has 0 unspecified atom stereocenters. The highest BCUT2D eigenvalue weighted by Gasteiger charge is 2.47. The fourth-order valence-electron chi connectivity index (χ4n) is 3.72. The van der Waals surface area contributed by atoms with Crippen molar-refractivity contribution < 1.29 is 19.4 Å². The van der Waals surface area contributed by atoms with E-state index in [1.807, 2.05) is 60.7 Å². The van der Waals surface area contributed by atoms with Gasteiger partial charge in [-0.3, -0.25) is 4.90 Å². The number of morpholine rings is 1. The summed E-state index contributed by atoms with van der Waals surface area (Å²) in [4.78, 5) is 26.3. The van der Waals surface area contributed by atoms with Crippen molar-refractivity contribution >= 4 is 23.7 Å². The first-order valence-corrected chi connectivity index (χ1v) is 10.0. The lowest BCUT2D eigenvalue weighted by Crippen LogP contribution is -2.53. The molecule has 0 aromatic heterocycles. The van der Waals surface area contributed by atoms with Crippen molar-refractivity contribution in [2.45, 2.75) is 43.9 Å². The van der Waals surface area contributed by atoms with Crippen molar-refractivity contribution in [2.75, 3.05) is 5.88 Å². The predicted octanol–water partition coefficient (Wildman–Crippen LogP) is 5.17. The Bertz CT molecular complexity index is 784. The number of cyclic esters (lactones) is 1. The van der Waals surface area contributed by atoms with E-state index in [2.05, 4.69) is 0 Å². The second kappa shape index (κ2) is 9.60. The van der Waals surface area contributed by atoms with Crippen LogP contribution in [0.1, 0.15) is 49.0 Å². The lowest BCUT2D eigenvalue weighted by Gasteiger charge is -2.44. The number of halogens is 1. The summed E-state index contributed by atoms with van der Waals surface area (Å²) in [6, 6.07) is 17.2. The normalized spacial score (nSPS) is 22.0. The highest BCUT2D eigenvalue weighted by molar-refractivity contribution is 6.17. The molecule has 1 amide bonds. The Morgan fingerprint density at radius 3 is 2.14 bits per heavy atom. The topological polar surface area (TPSA) is 66.8 Å². The van der Waals surface area contributed by atoms with Gasteiger partial charge in [0.25, 0.3) is 0 Å². The van der Waals surface area contributed by atoms with Gasteiger partial charge < -0.3 is 9.84 Å². The Morgan fingerprint density at radius 2 is 1.57 bits per heavy atom. The van der Waals surface area contributed by atoms with E-state index in [0.29, 0.717) is 18.7 Å². The molecule has 1 aliphatic rings. The molecule has 1 saturated heterocycles. The van der Waals surface area contributed by atoms with Crippen LogP contribution in [0, 0.1) is 0 Å². The van der Waals surface area contributed by atoms with Crippen molar-refractivity contribution in [3.63, 3.8) is 0 Å². The van der Waals surface area contributed by atoms with E-state index in [9.17, 15) is 14.7 Å². The SMILES string of the molecule is O=C1O[C@H](c2ccccc2)[C@H](c2ccccc2)N(C(=O)O)[C@H]1CCCCCCl. The summed E-state index contributed by atoms with van der Waals surface area (Å²) in [6.07, 6.45) is 1.02. The Balaban J connectivity index is 1.98. The molecule has 0 bridgehead atoms. The van der Waals surface area contributed by atoms with Crippen LogP contribution in [-0.4, -0.2) is 34.0 Å². The Kier molecular flexibility index (Phi) is 6.93. The van der Waals surface area contributed by atoms with E-state index < -0.39 is 30.3 Å². The van der Waals surface area contributed by atoms with Crippen LogP contribution in [0.5, 0.6) is 0 Å². The Morgan fingerprint density at radius 1 is 0.964 bits per heavy atom. The minimum Gasteiger partial charge on any atom is -0.465 e. The van der Waals surface area contributed by atoms with Gasteiger partial charge in [0.2, 0.25) is 0 Å². The van der Waals surface area contributed by atoms with E-state index in [0.717, 1.165) is 24.0 Å². The maximum atomic E-state index is 12.8. The molecule has 0 saturated carbocycles. The fourth-order valence-corrected chi connectivity index (χ4v) is 3.91. The fraction of sp³-hybridized carbons (Fsp3) is 0.364. The van der Waals surface area contributed by atoms with Crippen LogP contribution in [-0.2, 0) is 9.53 Å². The number of hydrogen-bond donors (Lipinski definition) is 1. The van der Waals surface area contributed by atoms with Crippen molar-refractivity contribution in [1.82, 2.24) is 4.90 Å². The molecule has 1 fully saturated rings. The van der Waals surface area contributed by atoms with Crippen LogP contribution in [0.3, 0.4) is 0 Å². The highest BCUT2D eigenvalue weighted by atomic mass is 35.5. The van der Waals surface area contributed by atoms with Crippen LogP contribution >= 0.6 is 11.6 Å². The summed E-state index contributed by atoms with van der Waals surface area (Å²) < 4.78 is 5.82. The van der Waals surface area contributed by atoms with Gasteiger partial charge in [0.05, 0.1) is 0 Å². The molecular formula is C22H24ClNO4. The van der Waals surface area contributed by atoms with Crippen LogP contribution in [0.25, 0.3) is 0 Å². The second-order valence-corrected chi connectivity index (χ2v) is 7.25. The molecule has 3 rings (SSSR count). The summed E-state index contributed by atoms with van der Waals surface area (Å²) in [5.74, 6) is 0.0646. The number of carbonyl (C=O) groups excluding carboxylic acids is 1. The molecular weight excluding hydrogens is 378 g/mol. The molecule has 1 aliphatic heterocycles. The zero-order valence-corrected chi connectivity index (χ0v) is 16.3. The molecule has 28 heavy (non-hydrogen) atoms. The first kappa shape index (κ1) is 20.2. The predicted molar refractivity (Wildman–Crippen MR) is 107 cm³/mol. The molecule has 5 nitrogen and oxygen atoms in total. The summed E-state index contributed by atoms with van der Waals surface area (Å²) in [6.45, 7) is 0. The number of alkyl halides is 1. The number of rotatable bonds is 7. The number of ether oxygens (including phenoxy) is 1. The first-order chi connectivity index (χ1) is 13.6. The van der Waals surface area contributed by atoms with Gasteiger partial charge in [-0.05, 0) is 24.0 Å². The molecule has 2 aromatic rings. The molecule has 6 heteroatoms. The lowest BCUT2D eigenvalue weighted by atomic mass is 9.90. The third kappa shape index (κ3) is 4.47. The van der Waals surface area contributed by atoms with Crippen molar-refractivity contribution in [1.29, 1.82) is 0 Å². The number of nitrogens with zero attached hydrogens (tertiary/aromatic N) is 1. The molecule has 2 aromatic carbocycles. The molecule has 0 spiro atoms. The third-order valence-electron chi connectivity index (χ3n) is 5.04. The highest BCUT2D eigenvalue weighted by Crippen LogP contribution is 2.43. The number of carbonyl (C=O) groups is 2. The number of unbranched alkanes of at least 4 members (excludes halogenated alkanes) is 2. The van der Waals surface area contributed by atoms with Gasteiger partial charge in [-0.25, -0.2) is 9.59 Å². The van der Waals surface area contributed by atoms with E-state index >= 15 is 0 Å². The monoisotopic (exact) mass is 401 g/mol. The largest absolute Gasteiger partial charge is 0.465 e. The van der Waals surface area contributed by atoms with Gasteiger partial charge >= 0.3 is 12.1 Å². The molecule has 148 valence electrons. The zero-order valence-electron chi connectivity index (χ0n) is 15.5. The van der Waals surface area contributed by atoms with Crippen molar-refractivity contribution in [3.8, 4) is 0 Å². The van der Waals surface area contributed by atoms with E-state index in [1.165, 1.54) is 4.90 Å². The van der Waals surface area contributed by atoms with Crippen LogP contribution in [0.2, 0.25) is 0 Å². The average molecular weight is 402 g/mol. The average Bonchev–Trinajstić information content (AvgIpc) is 2.72. The lowest BCUT2D eigenvalue weighted by molar-refractivity contribution is -0.173. The molecule has 1 heterocycles. The number of benzene rings is 2.